The first-order valence-corrected chi connectivity index (χ1v) is 6.25. The van der Waals surface area contributed by atoms with Crippen molar-refractivity contribution in [3.63, 3.8) is 0 Å². The lowest BCUT2D eigenvalue weighted by Gasteiger charge is -2.34. The smallest absolute Gasteiger partial charge is 0.0187 e. The molecule has 90 valence electrons. The Morgan fingerprint density at radius 2 is 2.20 bits per heavy atom. The number of hydrogen-bond acceptors (Lipinski definition) is 3. The van der Waals surface area contributed by atoms with Gasteiger partial charge in [-0.3, -0.25) is 0 Å². The van der Waals surface area contributed by atoms with Gasteiger partial charge in [0, 0.05) is 18.6 Å². The summed E-state index contributed by atoms with van der Waals surface area (Å²) >= 11 is 0. The van der Waals surface area contributed by atoms with Gasteiger partial charge < -0.3 is 15.5 Å². The molecular weight excluding hydrogens is 186 g/mol. The fourth-order valence-electron chi connectivity index (χ4n) is 2.26. The Hall–Kier alpha value is -0.120. The minimum atomic E-state index is 0.513. The summed E-state index contributed by atoms with van der Waals surface area (Å²) in [7, 11) is 4.44. The Balaban J connectivity index is 2.23. The van der Waals surface area contributed by atoms with Crippen LogP contribution >= 0.6 is 0 Å². The van der Waals surface area contributed by atoms with Crippen LogP contribution in [0.2, 0.25) is 0 Å². The summed E-state index contributed by atoms with van der Waals surface area (Å²) in [5.74, 6) is 0. The van der Waals surface area contributed by atoms with Crippen LogP contribution in [0.1, 0.15) is 32.6 Å². The van der Waals surface area contributed by atoms with Crippen LogP contribution in [0.3, 0.4) is 0 Å². The molecular formula is C12H27N3. The molecule has 0 aromatic heterocycles. The number of nitrogens with zero attached hydrogens (tertiary/aromatic N) is 2. The second kappa shape index (κ2) is 6.46. The van der Waals surface area contributed by atoms with Gasteiger partial charge in [0.15, 0.2) is 0 Å². The van der Waals surface area contributed by atoms with Gasteiger partial charge >= 0.3 is 0 Å². The normalized spacial score (nSPS) is 25.8. The van der Waals surface area contributed by atoms with E-state index >= 15 is 0 Å². The maximum atomic E-state index is 5.66. The molecule has 0 aliphatic carbocycles. The summed E-state index contributed by atoms with van der Waals surface area (Å²) in [5.41, 5.74) is 5.66. The van der Waals surface area contributed by atoms with Crippen LogP contribution in [0, 0.1) is 0 Å². The van der Waals surface area contributed by atoms with Gasteiger partial charge in [0.25, 0.3) is 0 Å². The van der Waals surface area contributed by atoms with Crippen molar-refractivity contribution in [2.75, 3.05) is 33.7 Å². The second-order valence-electron chi connectivity index (χ2n) is 4.98. The van der Waals surface area contributed by atoms with Gasteiger partial charge in [0.1, 0.15) is 0 Å². The second-order valence-corrected chi connectivity index (χ2v) is 4.98. The highest BCUT2D eigenvalue weighted by Crippen LogP contribution is 2.18. The zero-order chi connectivity index (χ0) is 11.3. The van der Waals surface area contributed by atoms with E-state index in [9.17, 15) is 0 Å². The van der Waals surface area contributed by atoms with Crippen LogP contribution in [0.5, 0.6) is 0 Å². The SMILES string of the molecule is CC(CN)N(C)CCC1CCCCN1C. The Morgan fingerprint density at radius 1 is 1.47 bits per heavy atom. The summed E-state index contributed by atoms with van der Waals surface area (Å²) < 4.78 is 0. The first kappa shape index (κ1) is 12.9. The van der Waals surface area contributed by atoms with E-state index in [1.54, 1.807) is 0 Å². The third-order valence-corrected chi connectivity index (χ3v) is 3.83. The molecule has 0 spiro atoms. The predicted molar refractivity (Wildman–Crippen MR) is 66.0 cm³/mol. The predicted octanol–water partition coefficient (Wildman–Crippen LogP) is 1.14. The average molecular weight is 213 g/mol. The summed E-state index contributed by atoms with van der Waals surface area (Å²) in [6.07, 6.45) is 5.45. The first-order chi connectivity index (χ1) is 7.15. The van der Waals surface area contributed by atoms with Crippen molar-refractivity contribution < 1.29 is 0 Å². The van der Waals surface area contributed by atoms with E-state index in [2.05, 4.69) is 30.8 Å². The fraction of sp³-hybridized carbons (Fsp3) is 1.00. The number of likely N-dealkylation sites (N-methyl/N-ethyl adjacent to an activating group) is 1. The van der Waals surface area contributed by atoms with E-state index in [0.29, 0.717) is 6.04 Å². The highest BCUT2D eigenvalue weighted by atomic mass is 15.2. The van der Waals surface area contributed by atoms with E-state index < -0.39 is 0 Å². The van der Waals surface area contributed by atoms with Gasteiger partial charge in [-0.15, -0.1) is 0 Å². The standard InChI is InChI=1S/C12H27N3/c1-11(10-13)14(2)9-7-12-6-4-5-8-15(12)3/h11-12H,4-10,13H2,1-3H3. The minimum Gasteiger partial charge on any atom is -0.329 e. The molecule has 1 heterocycles. The molecule has 2 unspecified atom stereocenters. The van der Waals surface area contributed by atoms with Crippen molar-refractivity contribution in [2.45, 2.75) is 44.7 Å². The largest absolute Gasteiger partial charge is 0.329 e. The van der Waals surface area contributed by atoms with Crippen molar-refractivity contribution in [1.29, 1.82) is 0 Å². The zero-order valence-corrected chi connectivity index (χ0v) is 10.6. The number of likely N-dealkylation sites (tertiary alicyclic amines) is 1. The van der Waals surface area contributed by atoms with Gasteiger partial charge in [-0.2, -0.15) is 0 Å². The van der Waals surface area contributed by atoms with Crippen LogP contribution in [0.4, 0.5) is 0 Å². The Kier molecular flexibility index (Phi) is 5.58. The Bertz CT molecular complexity index is 172. The molecule has 1 fully saturated rings. The van der Waals surface area contributed by atoms with Crippen LogP contribution in [0.15, 0.2) is 0 Å². The molecule has 2 atom stereocenters. The van der Waals surface area contributed by atoms with Gasteiger partial charge in [0.05, 0.1) is 0 Å². The third-order valence-electron chi connectivity index (χ3n) is 3.83. The first-order valence-electron chi connectivity index (χ1n) is 6.25. The summed E-state index contributed by atoms with van der Waals surface area (Å²) in [4.78, 5) is 4.90. The van der Waals surface area contributed by atoms with Crippen LogP contribution in [-0.2, 0) is 0 Å². The maximum absolute atomic E-state index is 5.66. The molecule has 0 aromatic rings. The fourth-order valence-corrected chi connectivity index (χ4v) is 2.26. The van der Waals surface area contributed by atoms with Gasteiger partial charge in [-0.05, 0) is 53.4 Å². The van der Waals surface area contributed by atoms with Gasteiger partial charge in [-0.1, -0.05) is 6.42 Å². The monoisotopic (exact) mass is 213 g/mol. The minimum absolute atomic E-state index is 0.513. The van der Waals surface area contributed by atoms with E-state index in [1.807, 2.05) is 0 Å². The average Bonchev–Trinajstić information content (AvgIpc) is 2.26. The van der Waals surface area contributed by atoms with Crippen LogP contribution in [-0.4, -0.2) is 55.6 Å². The van der Waals surface area contributed by atoms with Gasteiger partial charge in [-0.25, -0.2) is 0 Å². The van der Waals surface area contributed by atoms with Crippen molar-refractivity contribution in [3.05, 3.63) is 0 Å². The molecule has 0 aromatic carbocycles. The number of hydrogen-bond donors (Lipinski definition) is 1. The number of rotatable bonds is 5. The quantitative estimate of drug-likeness (QED) is 0.743. The molecule has 1 aliphatic heterocycles. The molecule has 2 N–H and O–H groups in total. The maximum Gasteiger partial charge on any atom is 0.0187 e. The molecule has 1 rings (SSSR count). The lowest BCUT2D eigenvalue weighted by Crippen LogP contribution is -2.41. The molecule has 3 nitrogen and oxygen atoms in total. The van der Waals surface area contributed by atoms with Gasteiger partial charge in [0.2, 0.25) is 0 Å². The topological polar surface area (TPSA) is 32.5 Å². The van der Waals surface area contributed by atoms with Crippen molar-refractivity contribution in [3.8, 4) is 0 Å². The third kappa shape index (κ3) is 4.09. The Labute approximate surface area is 94.6 Å². The van der Waals surface area contributed by atoms with E-state index in [4.69, 9.17) is 5.73 Å². The molecule has 0 amide bonds. The Morgan fingerprint density at radius 3 is 2.80 bits per heavy atom. The summed E-state index contributed by atoms with van der Waals surface area (Å²) in [5, 5.41) is 0. The molecule has 1 saturated heterocycles. The molecule has 0 radical (unpaired) electrons. The molecule has 15 heavy (non-hydrogen) atoms. The number of nitrogens with two attached hydrogens (primary N) is 1. The zero-order valence-electron chi connectivity index (χ0n) is 10.6. The van der Waals surface area contributed by atoms with E-state index in [0.717, 1.165) is 12.6 Å². The van der Waals surface area contributed by atoms with Crippen LogP contribution in [0.25, 0.3) is 0 Å². The van der Waals surface area contributed by atoms with Crippen molar-refractivity contribution >= 4 is 0 Å². The molecule has 0 saturated carbocycles. The van der Waals surface area contributed by atoms with Crippen molar-refractivity contribution in [2.24, 2.45) is 5.73 Å². The highest BCUT2D eigenvalue weighted by Gasteiger charge is 2.19. The molecule has 1 aliphatic rings. The highest BCUT2D eigenvalue weighted by molar-refractivity contribution is 4.76. The number of piperidine rings is 1. The lowest BCUT2D eigenvalue weighted by atomic mass is 10.00. The van der Waals surface area contributed by atoms with Crippen molar-refractivity contribution in [1.82, 2.24) is 9.80 Å². The van der Waals surface area contributed by atoms with E-state index in [1.165, 1.54) is 38.8 Å². The lowest BCUT2D eigenvalue weighted by molar-refractivity contribution is 0.152. The molecule has 0 bridgehead atoms. The van der Waals surface area contributed by atoms with Crippen LogP contribution < -0.4 is 5.73 Å². The molecule has 3 heteroatoms. The summed E-state index contributed by atoms with van der Waals surface area (Å²) in [6, 6.07) is 1.31. The summed E-state index contributed by atoms with van der Waals surface area (Å²) in [6.45, 7) is 5.41. The van der Waals surface area contributed by atoms with E-state index in [-0.39, 0.29) is 0 Å².